The number of hydrogen-bond acceptors (Lipinski definition) is 2. The number of piperazine rings is 1. The normalized spacial score (nSPS) is 21.8. The Labute approximate surface area is 120 Å². The molecule has 0 aliphatic carbocycles. The molecule has 108 valence electrons. The van der Waals surface area contributed by atoms with Crippen molar-refractivity contribution in [2.24, 2.45) is 0 Å². The maximum atomic E-state index is 12.6. The number of hydrogen-bond donors (Lipinski definition) is 1. The van der Waals surface area contributed by atoms with Crippen LogP contribution in [0.3, 0.4) is 0 Å². The highest BCUT2D eigenvalue weighted by Crippen LogP contribution is 2.22. The summed E-state index contributed by atoms with van der Waals surface area (Å²) in [4.78, 5) is 26.5. The van der Waals surface area contributed by atoms with Gasteiger partial charge < -0.3 is 10.2 Å². The predicted molar refractivity (Wildman–Crippen MR) is 78.2 cm³/mol. The number of benzene rings is 1. The van der Waals surface area contributed by atoms with Gasteiger partial charge in [-0.1, -0.05) is 37.3 Å². The summed E-state index contributed by atoms with van der Waals surface area (Å²) < 4.78 is 0. The van der Waals surface area contributed by atoms with Gasteiger partial charge in [-0.25, -0.2) is 0 Å². The summed E-state index contributed by atoms with van der Waals surface area (Å²) in [7, 11) is 0. The lowest BCUT2D eigenvalue weighted by atomic mass is 9.93. The van der Waals surface area contributed by atoms with Crippen LogP contribution in [0, 0.1) is 0 Å². The molecule has 1 saturated heterocycles. The third-order valence-electron chi connectivity index (χ3n) is 3.83. The Kier molecular flexibility index (Phi) is 4.12. The van der Waals surface area contributed by atoms with E-state index >= 15 is 0 Å². The van der Waals surface area contributed by atoms with Crippen molar-refractivity contribution >= 4 is 11.8 Å². The largest absolute Gasteiger partial charge is 0.342 e. The van der Waals surface area contributed by atoms with E-state index < -0.39 is 11.6 Å². The lowest BCUT2D eigenvalue weighted by molar-refractivity contribution is -0.155. The highest BCUT2D eigenvalue weighted by atomic mass is 16.2. The van der Waals surface area contributed by atoms with Gasteiger partial charge in [-0.2, -0.15) is 0 Å². The fourth-order valence-electron chi connectivity index (χ4n) is 2.58. The Hall–Kier alpha value is -1.84. The van der Waals surface area contributed by atoms with E-state index in [2.05, 4.69) is 5.32 Å². The van der Waals surface area contributed by atoms with Gasteiger partial charge in [0.05, 0.1) is 0 Å². The number of rotatable bonds is 4. The van der Waals surface area contributed by atoms with Crippen molar-refractivity contribution in [3.63, 3.8) is 0 Å². The number of carbonyl (C=O) groups excluding carboxylic acids is 2. The summed E-state index contributed by atoms with van der Waals surface area (Å²) in [6, 6.07) is 9.32. The molecule has 1 N–H and O–H groups in total. The third-order valence-corrected chi connectivity index (χ3v) is 3.83. The standard InChI is InChI=1S/C16H22N2O2/c1-4-10-18-14(19)13(17-15(20)16(18,2)3)11-12-8-6-5-7-9-12/h5-9,13H,4,10-11H2,1-3H3,(H,17,20). The van der Waals surface area contributed by atoms with Crippen LogP contribution in [0.25, 0.3) is 0 Å². The number of nitrogens with zero attached hydrogens (tertiary/aromatic N) is 1. The minimum atomic E-state index is -0.764. The summed E-state index contributed by atoms with van der Waals surface area (Å²) in [5.74, 6) is -0.0632. The minimum absolute atomic E-state index is 0.0142. The molecule has 1 fully saturated rings. The van der Waals surface area contributed by atoms with Crippen LogP contribution in [0.1, 0.15) is 32.8 Å². The molecule has 1 heterocycles. The van der Waals surface area contributed by atoms with Crippen molar-refractivity contribution in [3.8, 4) is 0 Å². The molecule has 1 aliphatic heterocycles. The Morgan fingerprint density at radius 3 is 2.45 bits per heavy atom. The predicted octanol–water partition coefficient (Wildman–Crippen LogP) is 1.74. The fourth-order valence-corrected chi connectivity index (χ4v) is 2.58. The molecule has 1 aromatic carbocycles. The van der Waals surface area contributed by atoms with Gasteiger partial charge in [0.1, 0.15) is 11.6 Å². The smallest absolute Gasteiger partial charge is 0.246 e. The van der Waals surface area contributed by atoms with Crippen LogP contribution in [0.4, 0.5) is 0 Å². The first-order valence-electron chi connectivity index (χ1n) is 7.13. The average Bonchev–Trinajstić information content (AvgIpc) is 2.42. The molecular formula is C16H22N2O2. The van der Waals surface area contributed by atoms with E-state index in [-0.39, 0.29) is 11.8 Å². The highest BCUT2D eigenvalue weighted by Gasteiger charge is 2.45. The van der Waals surface area contributed by atoms with Crippen LogP contribution >= 0.6 is 0 Å². The third kappa shape index (κ3) is 2.69. The molecule has 1 aliphatic rings. The van der Waals surface area contributed by atoms with Gasteiger partial charge in [-0.05, 0) is 25.8 Å². The summed E-state index contributed by atoms with van der Waals surface area (Å²) in [5.41, 5.74) is 0.294. The first-order valence-corrected chi connectivity index (χ1v) is 7.13. The Balaban J connectivity index is 2.19. The van der Waals surface area contributed by atoms with Gasteiger partial charge in [0.25, 0.3) is 0 Å². The summed E-state index contributed by atoms with van der Waals surface area (Å²) in [5, 5.41) is 2.86. The second-order valence-corrected chi connectivity index (χ2v) is 5.76. The molecular weight excluding hydrogens is 252 g/mol. The van der Waals surface area contributed by atoms with Gasteiger partial charge in [-0.15, -0.1) is 0 Å². The van der Waals surface area contributed by atoms with Gasteiger partial charge in [-0.3, -0.25) is 9.59 Å². The summed E-state index contributed by atoms with van der Waals surface area (Å²) in [6.07, 6.45) is 1.39. The molecule has 4 nitrogen and oxygen atoms in total. The van der Waals surface area contributed by atoms with Crippen LogP contribution in [0.2, 0.25) is 0 Å². The molecule has 2 rings (SSSR count). The molecule has 1 atom stereocenters. The van der Waals surface area contributed by atoms with Crippen molar-refractivity contribution in [2.75, 3.05) is 6.54 Å². The average molecular weight is 274 g/mol. The van der Waals surface area contributed by atoms with Crippen LogP contribution < -0.4 is 5.32 Å². The molecule has 0 bridgehead atoms. The zero-order chi connectivity index (χ0) is 14.8. The van der Waals surface area contributed by atoms with Crippen LogP contribution in [0.15, 0.2) is 30.3 Å². The van der Waals surface area contributed by atoms with Crippen LogP contribution in [-0.2, 0) is 16.0 Å². The molecule has 2 amide bonds. The molecule has 4 heteroatoms. The Bertz CT molecular complexity index is 496. The zero-order valence-corrected chi connectivity index (χ0v) is 12.3. The first-order chi connectivity index (χ1) is 9.46. The number of carbonyl (C=O) groups is 2. The molecule has 1 aromatic rings. The minimum Gasteiger partial charge on any atom is -0.342 e. The lowest BCUT2D eigenvalue weighted by Gasteiger charge is -2.44. The van der Waals surface area contributed by atoms with Gasteiger partial charge in [0, 0.05) is 13.0 Å². The molecule has 1 unspecified atom stereocenters. The first kappa shape index (κ1) is 14.6. The van der Waals surface area contributed by atoms with E-state index in [0.717, 1.165) is 12.0 Å². The van der Waals surface area contributed by atoms with E-state index in [9.17, 15) is 9.59 Å². The van der Waals surface area contributed by atoms with Gasteiger partial charge in [0.15, 0.2) is 0 Å². The molecule has 0 aromatic heterocycles. The van der Waals surface area contributed by atoms with Gasteiger partial charge in [0.2, 0.25) is 11.8 Å². The SMILES string of the molecule is CCCN1C(=O)C(Cc2ccccc2)NC(=O)C1(C)C. The van der Waals surface area contributed by atoms with E-state index in [0.29, 0.717) is 13.0 Å². The number of nitrogens with one attached hydrogen (secondary N) is 1. The highest BCUT2D eigenvalue weighted by molar-refractivity contribution is 5.99. The summed E-state index contributed by atoms with van der Waals surface area (Å²) in [6.45, 7) is 6.23. The Morgan fingerprint density at radius 1 is 1.20 bits per heavy atom. The molecule has 20 heavy (non-hydrogen) atoms. The lowest BCUT2D eigenvalue weighted by Crippen LogP contribution is -2.68. The maximum absolute atomic E-state index is 12.6. The summed E-state index contributed by atoms with van der Waals surface area (Å²) >= 11 is 0. The van der Waals surface area contributed by atoms with E-state index in [4.69, 9.17) is 0 Å². The van der Waals surface area contributed by atoms with E-state index in [1.165, 1.54) is 0 Å². The van der Waals surface area contributed by atoms with Crippen molar-refractivity contribution in [2.45, 2.75) is 45.2 Å². The van der Waals surface area contributed by atoms with Crippen LogP contribution in [0.5, 0.6) is 0 Å². The quantitative estimate of drug-likeness (QED) is 0.909. The van der Waals surface area contributed by atoms with Crippen molar-refractivity contribution < 1.29 is 9.59 Å². The second kappa shape index (κ2) is 5.65. The molecule has 0 saturated carbocycles. The zero-order valence-electron chi connectivity index (χ0n) is 12.3. The Morgan fingerprint density at radius 2 is 1.85 bits per heavy atom. The molecule has 0 radical (unpaired) electrons. The number of amides is 2. The fraction of sp³-hybridized carbons (Fsp3) is 0.500. The second-order valence-electron chi connectivity index (χ2n) is 5.76. The van der Waals surface area contributed by atoms with E-state index in [1.807, 2.05) is 37.3 Å². The van der Waals surface area contributed by atoms with Crippen molar-refractivity contribution in [3.05, 3.63) is 35.9 Å². The van der Waals surface area contributed by atoms with Gasteiger partial charge >= 0.3 is 0 Å². The van der Waals surface area contributed by atoms with Crippen molar-refractivity contribution in [1.29, 1.82) is 0 Å². The monoisotopic (exact) mass is 274 g/mol. The van der Waals surface area contributed by atoms with Crippen molar-refractivity contribution in [1.82, 2.24) is 10.2 Å². The topological polar surface area (TPSA) is 49.4 Å². The maximum Gasteiger partial charge on any atom is 0.246 e. The molecule has 0 spiro atoms. The van der Waals surface area contributed by atoms with Crippen LogP contribution in [-0.4, -0.2) is 34.8 Å². The van der Waals surface area contributed by atoms with E-state index in [1.54, 1.807) is 18.7 Å².